The molecule has 10 heteroatoms. The van der Waals surface area contributed by atoms with Gasteiger partial charge in [0.05, 0.1) is 11.1 Å². The van der Waals surface area contributed by atoms with Crippen molar-refractivity contribution in [2.45, 2.75) is 20.2 Å². The number of ether oxygens (including phenoxy) is 1. The standard InChI is InChI=1S/C28H27F3N4O3/c1-16-23(32-17(2)24(16)27(37)35-13-11-34(3)12-14-35)15-21-25-20(5-4-6-22(25)33-26(21)36)18-7-9-19(10-8-18)38-28(29,30)31/h4-10,15,32H,11-14H2,1-3H3,(H,33,36). The third-order valence-corrected chi connectivity index (χ3v) is 6.99. The summed E-state index contributed by atoms with van der Waals surface area (Å²) in [6.45, 7) is 6.64. The van der Waals surface area contributed by atoms with Crippen LogP contribution in [0.15, 0.2) is 42.5 Å². The van der Waals surface area contributed by atoms with Crippen LogP contribution in [0.3, 0.4) is 0 Å². The first-order valence-electron chi connectivity index (χ1n) is 12.2. The molecule has 7 nitrogen and oxygen atoms in total. The second kappa shape index (κ2) is 9.68. The molecule has 0 saturated carbocycles. The minimum Gasteiger partial charge on any atom is -0.406 e. The summed E-state index contributed by atoms with van der Waals surface area (Å²) in [6, 6.07) is 10.9. The summed E-state index contributed by atoms with van der Waals surface area (Å²) in [7, 11) is 2.03. The molecular weight excluding hydrogens is 497 g/mol. The van der Waals surface area contributed by atoms with Crippen LogP contribution in [0.5, 0.6) is 5.75 Å². The van der Waals surface area contributed by atoms with Gasteiger partial charge in [-0.25, -0.2) is 0 Å². The first kappa shape index (κ1) is 25.6. The van der Waals surface area contributed by atoms with Gasteiger partial charge in [0.15, 0.2) is 0 Å². The van der Waals surface area contributed by atoms with Crippen LogP contribution in [0.2, 0.25) is 0 Å². The average Bonchev–Trinajstić information content (AvgIpc) is 3.33. The Labute approximate surface area is 217 Å². The number of alkyl halides is 3. The Morgan fingerprint density at radius 2 is 1.71 bits per heavy atom. The molecule has 0 unspecified atom stereocenters. The van der Waals surface area contributed by atoms with Gasteiger partial charge in [-0.2, -0.15) is 0 Å². The molecule has 0 aliphatic carbocycles. The van der Waals surface area contributed by atoms with Crippen LogP contribution in [-0.4, -0.2) is 66.2 Å². The zero-order chi connectivity index (χ0) is 27.2. The fourth-order valence-corrected chi connectivity index (χ4v) is 5.02. The Morgan fingerprint density at radius 3 is 2.37 bits per heavy atom. The number of halogens is 3. The van der Waals surface area contributed by atoms with E-state index in [1.54, 1.807) is 18.2 Å². The average molecular weight is 525 g/mol. The van der Waals surface area contributed by atoms with E-state index in [-0.39, 0.29) is 17.6 Å². The maximum Gasteiger partial charge on any atom is 0.573 e. The lowest BCUT2D eigenvalue weighted by Crippen LogP contribution is -2.47. The zero-order valence-electron chi connectivity index (χ0n) is 21.2. The van der Waals surface area contributed by atoms with Crippen LogP contribution in [0.4, 0.5) is 18.9 Å². The van der Waals surface area contributed by atoms with Gasteiger partial charge in [0.2, 0.25) is 0 Å². The molecule has 2 aliphatic rings. The highest BCUT2D eigenvalue weighted by atomic mass is 19.4. The molecule has 0 atom stereocenters. The number of aromatic nitrogens is 1. The number of nitrogens with one attached hydrogen (secondary N) is 2. The Morgan fingerprint density at radius 1 is 1.03 bits per heavy atom. The van der Waals surface area contributed by atoms with Gasteiger partial charge < -0.3 is 24.8 Å². The minimum atomic E-state index is -4.78. The number of carbonyl (C=O) groups is 2. The van der Waals surface area contributed by atoms with Gasteiger partial charge in [0.25, 0.3) is 11.8 Å². The predicted molar refractivity (Wildman–Crippen MR) is 139 cm³/mol. The van der Waals surface area contributed by atoms with E-state index in [1.807, 2.05) is 31.9 Å². The number of carbonyl (C=O) groups excluding carboxylic acids is 2. The molecule has 0 bridgehead atoms. The van der Waals surface area contributed by atoms with E-state index in [9.17, 15) is 22.8 Å². The van der Waals surface area contributed by atoms with E-state index >= 15 is 0 Å². The second-order valence-corrected chi connectivity index (χ2v) is 9.57. The number of hydrogen-bond acceptors (Lipinski definition) is 4. The molecule has 0 spiro atoms. The molecule has 198 valence electrons. The maximum absolute atomic E-state index is 13.3. The summed E-state index contributed by atoms with van der Waals surface area (Å²) in [5.74, 6) is -0.663. The minimum absolute atomic E-state index is 0.0351. The van der Waals surface area contributed by atoms with Crippen molar-refractivity contribution in [3.8, 4) is 16.9 Å². The van der Waals surface area contributed by atoms with Crippen molar-refractivity contribution < 1.29 is 27.5 Å². The highest BCUT2D eigenvalue weighted by Crippen LogP contribution is 2.41. The summed E-state index contributed by atoms with van der Waals surface area (Å²) in [5.41, 5.74) is 5.69. The Bertz CT molecular complexity index is 1430. The van der Waals surface area contributed by atoms with Crippen molar-refractivity contribution in [2.24, 2.45) is 0 Å². The summed E-state index contributed by atoms with van der Waals surface area (Å²) < 4.78 is 41.7. The Kier molecular flexibility index (Phi) is 6.52. The third kappa shape index (κ3) is 4.91. The molecule has 38 heavy (non-hydrogen) atoms. The first-order valence-corrected chi connectivity index (χ1v) is 12.2. The lowest BCUT2D eigenvalue weighted by atomic mass is 9.94. The monoisotopic (exact) mass is 524 g/mol. The van der Waals surface area contributed by atoms with E-state index in [4.69, 9.17) is 0 Å². The molecule has 2 amide bonds. The normalized spacial score (nSPS) is 17.1. The van der Waals surface area contributed by atoms with Crippen molar-refractivity contribution in [2.75, 3.05) is 38.5 Å². The summed E-state index contributed by atoms with van der Waals surface area (Å²) in [6.07, 6.45) is -3.05. The molecule has 1 saturated heterocycles. The molecule has 3 heterocycles. The number of nitrogens with zero attached hydrogens (tertiary/aromatic N) is 2. The SMILES string of the molecule is Cc1[nH]c(C=C2C(=O)Nc3cccc(-c4ccc(OC(F)(F)F)cc4)c32)c(C)c1C(=O)N1CCN(C)CC1. The number of fused-ring (bicyclic) bond motifs is 1. The van der Waals surface area contributed by atoms with Crippen LogP contribution in [-0.2, 0) is 4.79 Å². The van der Waals surface area contributed by atoms with Gasteiger partial charge in [0.1, 0.15) is 5.75 Å². The van der Waals surface area contributed by atoms with Crippen molar-refractivity contribution in [3.63, 3.8) is 0 Å². The molecule has 0 radical (unpaired) electrons. The van der Waals surface area contributed by atoms with Crippen LogP contribution in [0.1, 0.15) is 32.9 Å². The van der Waals surface area contributed by atoms with Gasteiger partial charge in [-0.1, -0.05) is 24.3 Å². The summed E-state index contributed by atoms with van der Waals surface area (Å²) in [4.78, 5) is 33.7. The van der Waals surface area contributed by atoms with Gasteiger partial charge in [0, 0.05) is 48.8 Å². The fraction of sp³-hybridized carbons (Fsp3) is 0.286. The third-order valence-electron chi connectivity index (χ3n) is 6.99. The topological polar surface area (TPSA) is 77.7 Å². The summed E-state index contributed by atoms with van der Waals surface area (Å²) in [5, 5.41) is 2.87. The van der Waals surface area contributed by atoms with Gasteiger partial charge in [-0.05, 0) is 61.9 Å². The Balaban J connectivity index is 1.50. The van der Waals surface area contributed by atoms with Gasteiger partial charge in [-0.3, -0.25) is 9.59 Å². The number of amides is 2. The molecule has 2 aromatic carbocycles. The number of H-pyrrole nitrogens is 1. The van der Waals surface area contributed by atoms with E-state index in [0.29, 0.717) is 52.3 Å². The van der Waals surface area contributed by atoms with Crippen molar-refractivity contribution in [3.05, 3.63) is 70.5 Å². The number of aromatic amines is 1. The number of likely N-dealkylation sites (N-methyl/N-ethyl adjacent to an activating group) is 1. The highest BCUT2D eigenvalue weighted by Gasteiger charge is 2.32. The lowest BCUT2D eigenvalue weighted by molar-refractivity contribution is -0.274. The number of benzene rings is 2. The number of rotatable bonds is 4. The molecule has 5 rings (SSSR count). The molecule has 1 aromatic heterocycles. The van der Waals surface area contributed by atoms with Crippen molar-refractivity contribution in [1.29, 1.82) is 0 Å². The van der Waals surface area contributed by atoms with Crippen LogP contribution >= 0.6 is 0 Å². The van der Waals surface area contributed by atoms with Crippen LogP contribution in [0, 0.1) is 13.8 Å². The Hall–Kier alpha value is -4.05. The molecular formula is C28H27F3N4O3. The van der Waals surface area contributed by atoms with Crippen LogP contribution < -0.4 is 10.1 Å². The lowest BCUT2D eigenvalue weighted by Gasteiger charge is -2.32. The zero-order valence-corrected chi connectivity index (χ0v) is 21.2. The van der Waals surface area contributed by atoms with E-state index < -0.39 is 6.36 Å². The van der Waals surface area contributed by atoms with E-state index in [0.717, 1.165) is 24.3 Å². The molecule has 3 aromatic rings. The van der Waals surface area contributed by atoms with Gasteiger partial charge >= 0.3 is 6.36 Å². The molecule has 1 fully saturated rings. The van der Waals surface area contributed by atoms with Gasteiger partial charge in [-0.15, -0.1) is 13.2 Å². The van der Waals surface area contributed by atoms with E-state index in [1.165, 1.54) is 24.3 Å². The fourth-order valence-electron chi connectivity index (χ4n) is 5.02. The molecule has 2 aliphatic heterocycles. The largest absolute Gasteiger partial charge is 0.573 e. The molecule has 2 N–H and O–H groups in total. The maximum atomic E-state index is 13.3. The first-order chi connectivity index (χ1) is 18.0. The van der Waals surface area contributed by atoms with Crippen LogP contribution in [0.25, 0.3) is 22.8 Å². The van der Waals surface area contributed by atoms with Crippen molar-refractivity contribution in [1.82, 2.24) is 14.8 Å². The van der Waals surface area contributed by atoms with Crippen molar-refractivity contribution >= 4 is 29.2 Å². The number of piperazine rings is 1. The quantitative estimate of drug-likeness (QED) is 0.467. The predicted octanol–water partition coefficient (Wildman–Crippen LogP) is 5.08. The summed E-state index contributed by atoms with van der Waals surface area (Å²) >= 11 is 0. The number of anilines is 1. The van der Waals surface area contributed by atoms with E-state index in [2.05, 4.69) is 19.9 Å². The number of hydrogen-bond donors (Lipinski definition) is 2. The highest BCUT2D eigenvalue weighted by molar-refractivity contribution is 6.36. The number of aryl methyl sites for hydroxylation is 1. The smallest absolute Gasteiger partial charge is 0.406 e. The second-order valence-electron chi connectivity index (χ2n) is 9.57.